The van der Waals surface area contributed by atoms with E-state index in [4.69, 9.17) is 4.74 Å². The van der Waals surface area contributed by atoms with Gasteiger partial charge in [-0.05, 0) is 43.3 Å². The van der Waals surface area contributed by atoms with Crippen LogP contribution < -0.4 is 15.2 Å². The third kappa shape index (κ3) is 5.79. The molecule has 0 bridgehead atoms. The fraction of sp³-hybridized carbons (Fsp3) is 0.211. The summed E-state index contributed by atoms with van der Waals surface area (Å²) in [5.41, 5.74) is 5.56. The first-order valence-corrected chi connectivity index (χ1v) is 9.93. The summed E-state index contributed by atoms with van der Waals surface area (Å²) in [5.74, 6) is -1.93. The van der Waals surface area contributed by atoms with Crippen molar-refractivity contribution >= 4 is 33.5 Å². The minimum Gasteiger partial charge on any atom is -0.452 e. The highest BCUT2D eigenvalue weighted by atomic mass is 32.2. The third-order valence-electron chi connectivity index (χ3n) is 3.86. The zero-order valence-electron chi connectivity index (χ0n) is 16.1. The molecule has 154 valence electrons. The predicted molar refractivity (Wildman–Crippen MR) is 105 cm³/mol. The quantitative estimate of drug-likeness (QED) is 0.535. The first-order chi connectivity index (χ1) is 13.6. The number of sulfonamides is 1. The minimum absolute atomic E-state index is 0.141. The Morgan fingerprint density at radius 3 is 2.10 bits per heavy atom. The van der Waals surface area contributed by atoms with E-state index in [1.807, 2.05) is 6.92 Å². The molecule has 2 aromatic rings. The van der Waals surface area contributed by atoms with Crippen LogP contribution in [-0.2, 0) is 24.3 Å². The van der Waals surface area contributed by atoms with E-state index in [0.717, 1.165) is 9.87 Å². The molecule has 0 aliphatic heterocycles. The monoisotopic (exact) mass is 419 g/mol. The number of nitrogens with one attached hydrogen (secondary N) is 2. The van der Waals surface area contributed by atoms with Crippen LogP contribution in [0.1, 0.15) is 22.8 Å². The van der Waals surface area contributed by atoms with Gasteiger partial charge in [-0.1, -0.05) is 17.7 Å². The van der Waals surface area contributed by atoms with Gasteiger partial charge in [0.1, 0.15) is 0 Å². The summed E-state index contributed by atoms with van der Waals surface area (Å²) < 4.78 is 31.4. The number of benzene rings is 2. The average Bonchev–Trinajstić information content (AvgIpc) is 2.70. The van der Waals surface area contributed by atoms with Crippen molar-refractivity contribution in [2.75, 3.05) is 18.0 Å². The van der Waals surface area contributed by atoms with Gasteiger partial charge in [0.15, 0.2) is 6.61 Å². The van der Waals surface area contributed by atoms with Crippen molar-refractivity contribution in [3.8, 4) is 0 Å². The highest BCUT2D eigenvalue weighted by Gasteiger charge is 2.21. The lowest BCUT2D eigenvalue weighted by atomic mass is 10.2. The number of hydrazine groups is 1. The van der Waals surface area contributed by atoms with Gasteiger partial charge in [0.2, 0.25) is 5.91 Å². The summed E-state index contributed by atoms with van der Waals surface area (Å²) in [6, 6.07) is 12.2. The zero-order valence-corrected chi connectivity index (χ0v) is 16.9. The molecular formula is C19H21N3O6S. The normalized spacial score (nSPS) is 10.7. The van der Waals surface area contributed by atoms with Gasteiger partial charge in [-0.15, -0.1) is 0 Å². The molecule has 0 saturated heterocycles. The number of carbonyl (C=O) groups is 3. The number of rotatable bonds is 6. The van der Waals surface area contributed by atoms with Crippen LogP contribution in [0.15, 0.2) is 53.4 Å². The minimum atomic E-state index is -3.75. The van der Waals surface area contributed by atoms with Gasteiger partial charge in [-0.25, -0.2) is 13.2 Å². The lowest BCUT2D eigenvalue weighted by Gasteiger charge is -2.19. The molecule has 2 N–H and O–H groups in total. The molecule has 0 spiro atoms. The number of aryl methyl sites for hydroxylation is 1. The summed E-state index contributed by atoms with van der Waals surface area (Å²) in [6.45, 7) is 2.49. The van der Waals surface area contributed by atoms with Crippen LogP contribution in [0, 0.1) is 6.92 Å². The van der Waals surface area contributed by atoms with Crippen LogP contribution in [0.25, 0.3) is 0 Å². The second kappa shape index (κ2) is 9.20. The van der Waals surface area contributed by atoms with E-state index in [-0.39, 0.29) is 10.5 Å². The molecule has 0 heterocycles. The molecule has 0 aromatic heterocycles. The summed E-state index contributed by atoms with van der Waals surface area (Å²) in [7, 11) is -2.34. The third-order valence-corrected chi connectivity index (χ3v) is 5.66. The van der Waals surface area contributed by atoms with Gasteiger partial charge in [-0.3, -0.25) is 24.7 Å². The Bertz CT molecular complexity index is 1000. The van der Waals surface area contributed by atoms with Gasteiger partial charge < -0.3 is 4.74 Å². The first kappa shape index (κ1) is 21.9. The molecule has 0 aliphatic carbocycles. The number of amides is 2. The van der Waals surface area contributed by atoms with Gasteiger partial charge >= 0.3 is 5.97 Å². The van der Waals surface area contributed by atoms with E-state index in [1.165, 1.54) is 50.4 Å². The number of carbonyl (C=O) groups excluding carboxylic acids is 3. The second-order valence-electron chi connectivity index (χ2n) is 6.14. The Morgan fingerprint density at radius 2 is 1.55 bits per heavy atom. The van der Waals surface area contributed by atoms with Gasteiger partial charge in [0, 0.05) is 14.0 Å². The maximum Gasteiger partial charge on any atom is 0.338 e. The van der Waals surface area contributed by atoms with E-state index in [0.29, 0.717) is 5.69 Å². The Balaban J connectivity index is 2.03. The van der Waals surface area contributed by atoms with Crippen molar-refractivity contribution in [1.29, 1.82) is 0 Å². The Hall–Kier alpha value is -3.40. The number of esters is 1. The molecule has 0 saturated carbocycles. The Kier molecular flexibility index (Phi) is 6.94. The molecule has 9 nitrogen and oxygen atoms in total. The van der Waals surface area contributed by atoms with Crippen molar-refractivity contribution in [1.82, 2.24) is 10.9 Å². The summed E-state index contributed by atoms with van der Waals surface area (Å²) in [5, 5.41) is 0. The highest BCUT2D eigenvalue weighted by molar-refractivity contribution is 7.92. The number of hydrogen-bond acceptors (Lipinski definition) is 6. The Labute approximate surface area is 168 Å². The maximum absolute atomic E-state index is 12.7. The molecule has 2 aromatic carbocycles. The van der Waals surface area contributed by atoms with Gasteiger partial charge in [0.05, 0.1) is 16.1 Å². The van der Waals surface area contributed by atoms with Crippen molar-refractivity contribution in [2.24, 2.45) is 0 Å². The molecule has 0 aliphatic rings. The van der Waals surface area contributed by atoms with Crippen LogP contribution >= 0.6 is 0 Å². The van der Waals surface area contributed by atoms with E-state index < -0.39 is 34.4 Å². The van der Waals surface area contributed by atoms with Crippen LogP contribution in [0.4, 0.5) is 5.69 Å². The van der Waals surface area contributed by atoms with Gasteiger partial charge in [-0.2, -0.15) is 0 Å². The van der Waals surface area contributed by atoms with Crippen molar-refractivity contribution in [2.45, 2.75) is 18.7 Å². The Morgan fingerprint density at radius 1 is 0.966 bits per heavy atom. The maximum atomic E-state index is 12.7. The summed E-state index contributed by atoms with van der Waals surface area (Å²) >= 11 is 0. The fourth-order valence-corrected chi connectivity index (χ4v) is 3.42. The fourth-order valence-electron chi connectivity index (χ4n) is 2.22. The largest absolute Gasteiger partial charge is 0.452 e. The lowest BCUT2D eigenvalue weighted by molar-refractivity contribution is -0.129. The predicted octanol–water partition coefficient (Wildman–Crippen LogP) is 1.14. The molecule has 29 heavy (non-hydrogen) atoms. The number of ether oxygens (including phenoxy) is 1. The van der Waals surface area contributed by atoms with Crippen LogP contribution in [0.3, 0.4) is 0 Å². The van der Waals surface area contributed by atoms with Crippen LogP contribution in [0.5, 0.6) is 0 Å². The number of anilines is 1. The van der Waals surface area contributed by atoms with Crippen LogP contribution in [0.2, 0.25) is 0 Å². The zero-order chi connectivity index (χ0) is 21.6. The smallest absolute Gasteiger partial charge is 0.338 e. The molecule has 0 unspecified atom stereocenters. The standard InChI is InChI=1S/C19H21N3O6S/c1-13-4-10-17(11-5-13)29(26,27)22(3)16-8-6-15(7-9-16)19(25)28-12-18(24)21-20-14(2)23/h4-11H,12H2,1-3H3,(H,20,23)(H,21,24). The molecule has 2 rings (SSSR count). The van der Waals surface area contributed by atoms with E-state index in [2.05, 4.69) is 10.9 Å². The lowest BCUT2D eigenvalue weighted by Crippen LogP contribution is -2.42. The van der Waals surface area contributed by atoms with Crippen molar-refractivity contribution in [3.05, 3.63) is 59.7 Å². The summed E-state index contributed by atoms with van der Waals surface area (Å²) in [6.07, 6.45) is 0. The molecule has 0 atom stereocenters. The average molecular weight is 419 g/mol. The number of hydrogen-bond donors (Lipinski definition) is 2. The SMILES string of the molecule is CC(=O)NNC(=O)COC(=O)c1ccc(N(C)S(=O)(=O)c2ccc(C)cc2)cc1. The molecule has 0 fully saturated rings. The van der Waals surface area contributed by atoms with Crippen molar-refractivity contribution < 1.29 is 27.5 Å². The molecule has 2 amide bonds. The molecule has 0 radical (unpaired) electrons. The highest BCUT2D eigenvalue weighted by Crippen LogP contribution is 2.22. The summed E-state index contributed by atoms with van der Waals surface area (Å²) in [4.78, 5) is 34.3. The van der Waals surface area contributed by atoms with E-state index in [9.17, 15) is 22.8 Å². The first-order valence-electron chi connectivity index (χ1n) is 8.49. The van der Waals surface area contributed by atoms with E-state index in [1.54, 1.807) is 12.1 Å². The molecular weight excluding hydrogens is 398 g/mol. The van der Waals surface area contributed by atoms with Gasteiger partial charge in [0.25, 0.3) is 15.9 Å². The van der Waals surface area contributed by atoms with Crippen molar-refractivity contribution in [3.63, 3.8) is 0 Å². The van der Waals surface area contributed by atoms with Crippen LogP contribution in [-0.4, -0.2) is 39.9 Å². The topological polar surface area (TPSA) is 122 Å². The second-order valence-corrected chi connectivity index (χ2v) is 8.11. The molecule has 10 heteroatoms. The van der Waals surface area contributed by atoms with E-state index >= 15 is 0 Å². The number of nitrogens with zero attached hydrogens (tertiary/aromatic N) is 1.